The van der Waals surface area contributed by atoms with Crippen LogP contribution in [0.4, 0.5) is 5.69 Å². The molecule has 0 unspecified atom stereocenters. The van der Waals surface area contributed by atoms with Crippen molar-refractivity contribution < 1.29 is 9.53 Å². The molecule has 0 saturated heterocycles. The lowest BCUT2D eigenvalue weighted by atomic mass is 10.2. The number of rotatable bonds is 6. The molecule has 2 rings (SSSR count). The lowest BCUT2D eigenvalue weighted by Gasteiger charge is -2.06. The first-order valence-corrected chi connectivity index (χ1v) is 7.49. The first-order chi connectivity index (χ1) is 11.1. The molecule has 0 fully saturated rings. The molecule has 0 atom stereocenters. The van der Waals surface area contributed by atoms with Gasteiger partial charge in [0.2, 0.25) is 0 Å². The van der Waals surface area contributed by atoms with E-state index >= 15 is 0 Å². The molecule has 0 heterocycles. The van der Waals surface area contributed by atoms with Gasteiger partial charge in [0.25, 0.3) is 5.91 Å². The monoisotopic (exact) mass is 351 g/mol. The second-order valence-electron chi connectivity index (χ2n) is 4.52. The zero-order valence-corrected chi connectivity index (χ0v) is 13.9. The van der Waals surface area contributed by atoms with Crippen molar-refractivity contribution in [3.63, 3.8) is 0 Å². The van der Waals surface area contributed by atoms with E-state index in [4.69, 9.17) is 27.9 Å². The molecule has 0 aliphatic rings. The van der Waals surface area contributed by atoms with E-state index in [-0.39, 0.29) is 12.5 Å². The zero-order valence-electron chi connectivity index (χ0n) is 12.3. The number of hydrogen-bond acceptors (Lipinski definition) is 4. The number of halogens is 2. The Hall–Kier alpha value is -2.24. The average Bonchev–Trinajstić information content (AvgIpc) is 2.56. The van der Waals surface area contributed by atoms with Gasteiger partial charge in [-0.3, -0.25) is 4.79 Å². The number of nitrogens with zero attached hydrogens (tertiary/aromatic N) is 1. The Labute approximate surface area is 144 Å². The van der Waals surface area contributed by atoms with Gasteiger partial charge < -0.3 is 10.1 Å². The Bertz CT molecular complexity index is 720. The van der Waals surface area contributed by atoms with Crippen LogP contribution in [-0.4, -0.2) is 25.8 Å². The van der Waals surface area contributed by atoms with E-state index in [0.717, 1.165) is 5.56 Å². The van der Waals surface area contributed by atoms with E-state index in [9.17, 15) is 4.79 Å². The number of para-hydroxylation sites is 1. The summed E-state index contributed by atoms with van der Waals surface area (Å²) < 4.78 is 5.19. The SMILES string of the molecule is COc1ccccc1C=NNC(=O)CNc1ccc(Cl)c(Cl)c1. The molecule has 0 aromatic heterocycles. The number of hydrazone groups is 1. The molecule has 7 heteroatoms. The van der Waals surface area contributed by atoms with Crippen LogP contribution in [0.15, 0.2) is 47.6 Å². The van der Waals surface area contributed by atoms with Crippen LogP contribution >= 0.6 is 23.2 Å². The molecule has 0 bridgehead atoms. The fourth-order valence-corrected chi connectivity index (χ4v) is 2.07. The minimum absolute atomic E-state index is 0.0568. The lowest BCUT2D eigenvalue weighted by molar-refractivity contribution is -0.119. The number of nitrogens with one attached hydrogen (secondary N) is 2. The number of amides is 1. The number of carbonyl (C=O) groups is 1. The van der Waals surface area contributed by atoms with E-state index in [1.807, 2.05) is 24.3 Å². The number of anilines is 1. The summed E-state index contributed by atoms with van der Waals surface area (Å²) in [4.78, 5) is 11.7. The summed E-state index contributed by atoms with van der Waals surface area (Å²) in [6.07, 6.45) is 1.52. The van der Waals surface area contributed by atoms with Crippen molar-refractivity contribution >= 4 is 41.0 Å². The smallest absolute Gasteiger partial charge is 0.259 e. The van der Waals surface area contributed by atoms with Crippen LogP contribution in [0.25, 0.3) is 0 Å². The molecular formula is C16H15Cl2N3O2. The third kappa shape index (κ3) is 5.16. The van der Waals surface area contributed by atoms with E-state index in [1.54, 1.807) is 25.3 Å². The van der Waals surface area contributed by atoms with Crippen LogP contribution in [0.5, 0.6) is 5.75 Å². The second-order valence-corrected chi connectivity index (χ2v) is 5.33. The first kappa shape index (κ1) is 17.1. The van der Waals surface area contributed by atoms with Gasteiger partial charge in [0.15, 0.2) is 0 Å². The molecular weight excluding hydrogens is 337 g/mol. The van der Waals surface area contributed by atoms with Gasteiger partial charge in [0, 0.05) is 11.3 Å². The van der Waals surface area contributed by atoms with Gasteiger partial charge in [-0.2, -0.15) is 5.10 Å². The van der Waals surface area contributed by atoms with E-state index < -0.39 is 0 Å². The number of ether oxygens (including phenoxy) is 1. The maximum Gasteiger partial charge on any atom is 0.259 e. The summed E-state index contributed by atoms with van der Waals surface area (Å²) in [6, 6.07) is 12.4. The fraction of sp³-hybridized carbons (Fsp3) is 0.125. The van der Waals surface area contributed by atoms with Crippen LogP contribution in [0.2, 0.25) is 10.0 Å². The van der Waals surface area contributed by atoms with Crippen molar-refractivity contribution in [2.75, 3.05) is 19.0 Å². The Kier molecular flexibility index (Phi) is 6.26. The Morgan fingerprint density at radius 1 is 1.22 bits per heavy atom. The van der Waals surface area contributed by atoms with E-state index in [2.05, 4.69) is 15.8 Å². The van der Waals surface area contributed by atoms with Crippen LogP contribution in [-0.2, 0) is 4.79 Å². The molecule has 2 aromatic carbocycles. The Balaban J connectivity index is 1.85. The molecule has 23 heavy (non-hydrogen) atoms. The minimum atomic E-state index is -0.290. The molecule has 5 nitrogen and oxygen atoms in total. The summed E-state index contributed by atoms with van der Waals surface area (Å²) >= 11 is 11.7. The maximum absolute atomic E-state index is 11.7. The van der Waals surface area contributed by atoms with Crippen molar-refractivity contribution in [2.24, 2.45) is 5.10 Å². The first-order valence-electron chi connectivity index (χ1n) is 6.74. The predicted octanol–water partition coefficient (Wildman–Crippen LogP) is 3.56. The van der Waals surface area contributed by atoms with E-state index in [0.29, 0.717) is 21.5 Å². The van der Waals surface area contributed by atoms with Crippen LogP contribution in [0.3, 0.4) is 0 Å². The average molecular weight is 352 g/mol. The summed E-state index contributed by atoms with van der Waals surface area (Å²) in [5.41, 5.74) is 3.90. The number of methoxy groups -OCH3 is 1. The molecule has 2 aromatic rings. The summed E-state index contributed by atoms with van der Waals surface area (Å²) in [6.45, 7) is 0.0568. The van der Waals surface area contributed by atoms with E-state index in [1.165, 1.54) is 6.21 Å². The highest BCUT2D eigenvalue weighted by molar-refractivity contribution is 6.42. The molecule has 120 valence electrons. The van der Waals surface area contributed by atoms with Gasteiger partial charge in [0.05, 0.1) is 29.9 Å². The number of benzene rings is 2. The zero-order chi connectivity index (χ0) is 16.7. The largest absolute Gasteiger partial charge is 0.496 e. The highest BCUT2D eigenvalue weighted by atomic mass is 35.5. The van der Waals surface area contributed by atoms with Crippen LogP contribution in [0, 0.1) is 0 Å². The van der Waals surface area contributed by atoms with Crippen molar-refractivity contribution in [3.8, 4) is 5.75 Å². The Morgan fingerprint density at radius 3 is 2.74 bits per heavy atom. The number of carbonyl (C=O) groups excluding carboxylic acids is 1. The van der Waals surface area contributed by atoms with Gasteiger partial charge in [0.1, 0.15) is 5.75 Å². The van der Waals surface area contributed by atoms with Crippen molar-refractivity contribution in [2.45, 2.75) is 0 Å². The fourth-order valence-electron chi connectivity index (χ4n) is 1.77. The minimum Gasteiger partial charge on any atom is -0.496 e. The topological polar surface area (TPSA) is 62.7 Å². The van der Waals surface area contributed by atoms with Gasteiger partial charge in [-0.15, -0.1) is 0 Å². The molecule has 1 amide bonds. The third-order valence-electron chi connectivity index (χ3n) is 2.90. The van der Waals surface area contributed by atoms with Crippen molar-refractivity contribution in [1.82, 2.24) is 5.43 Å². The van der Waals surface area contributed by atoms with Crippen molar-refractivity contribution in [3.05, 3.63) is 58.1 Å². The molecule has 0 aliphatic carbocycles. The maximum atomic E-state index is 11.7. The Morgan fingerprint density at radius 2 is 2.00 bits per heavy atom. The second kappa shape index (κ2) is 8.41. The molecule has 2 N–H and O–H groups in total. The van der Waals surface area contributed by atoms with Gasteiger partial charge in [-0.25, -0.2) is 5.43 Å². The lowest BCUT2D eigenvalue weighted by Crippen LogP contribution is -2.25. The highest BCUT2D eigenvalue weighted by Crippen LogP contribution is 2.24. The van der Waals surface area contributed by atoms with Gasteiger partial charge >= 0.3 is 0 Å². The van der Waals surface area contributed by atoms with Gasteiger partial charge in [-0.05, 0) is 30.3 Å². The van der Waals surface area contributed by atoms with Gasteiger partial charge in [-0.1, -0.05) is 35.3 Å². The quantitative estimate of drug-likeness (QED) is 0.617. The highest BCUT2D eigenvalue weighted by Gasteiger charge is 2.03. The van der Waals surface area contributed by atoms with Crippen LogP contribution < -0.4 is 15.5 Å². The molecule has 0 radical (unpaired) electrons. The number of hydrogen-bond donors (Lipinski definition) is 2. The van der Waals surface area contributed by atoms with Crippen molar-refractivity contribution in [1.29, 1.82) is 0 Å². The van der Waals surface area contributed by atoms with Crippen LogP contribution in [0.1, 0.15) is 5.56 Å². The molecule has 0 saturated carbocycles. The summed E-state index contributed by atoms with van der Waals surface area (Å²) in [5.74, 6) is 0.390. The predicted molar refractivity (Wildman–Crippen MR) is 93.7 cm³/mol. The third-order valence-corrected chi connectivity index (χ3v) is 3.64. The standard InChI is InChI=1S/C16H15Cl2N3O2/c1-23-15-5-3-2-4-11(15)9-20-21-16(22)10-19-12-6-7-13(17)14(18)8-12/h2-9,19H,10H2,1H3,(H,21,22). The molecule has 0 spiro atoms. The normalized spacial score (nSPS) is 10.6. The summed E-state index contributed by atoms with van der Waals surface area (Å²) in [5, 5.41) is 7.72. The summed E-state index contributed by atoms with van der Waals surface area (Å²) in [7, 11) is 1.58. The molecule has 0 aliphatic heterocycles.